The standard InChI is InChI=1S/C15H21NO4.C2H4O3/c1-15(2,3)20-13(17)9-10-16-14(18)19-11-12-7-5-4-6-8-12;3-1-2(4)5/h4-8H,9-11H2,1-3H3,(H,16,18);3H,1H2,(H,4,5). The maximum atomic E-state index is 11.4. The minimum Gasteiger partial charge on any atom is -0.480 e. The van der Waals surface area contributed by atoms with Crippen molar-refractivity contribution < 1.29 is 34.1 Å². The summed E-state index contributed by atoms with van der Waals surface area (Å²) in [7, 11) is 0. The molecule has 0 bridgehead atoms. The van der Waals surface area contributed by atoms with Crippen molar-refractivity contribution in [2.75, 3.05) is 13.2 Å². The summed E-state index contributed by atoms with van der Waals surface area (Å²) in [5.74, 6) is -1.54. The monoisotopic (exact) mass is 355 g/mol. The van der Waals surface area contributed by atoms with Gasteiger partial charge in [-0.25, -0.2) is 9.59 Å². The zero-order valence-corrected chi connectivity index (χ0v) is 14.7. The van der Waals surface area contributed by atoms with Gasteiger partial charge in [0.25, 0.3) is 0 Å². The van der Waals surface area contributed by atoms with Crippen LogP contribution < -0.4 is 5.32 Å². The molecule has 0 aliphatic carbocycles. The van der Waals surface area contributed by atoms with E-state index in [9.17, 15) is 9.59 Å². The molecule has 0 heterocycles. The Morgan fingerprint density at radius 1 is 1.12 bits per heavy atom. The Morgan fingerprint density at radius 3 is 2.16 bits per heavy atom. The molecule has 0 radical (unpaired) electrons. The van der Waals surface area contributed by atoms with Crippen molar-refractivity contribution in [1.29, 1.82) is 0 Å². The highest BCUT2D eigenvalue weighted by Gasteiger charge is 2.16. The highest BCUT2D eigenvalue weighted by molar-refractivity contribution is 5.72. The lowest BCUT2D eigenvalue weighted by Crippen LogP contribution is -2.29. The number of alkyl carbamates (subject to hydrolysis) is 1. The zero-order valence-electron chi connectivity index (χ0n) is 14.7. The second kappa shape index (κ2) is 11.9. The van der Waals surface area contributed by atoms with E-state index in [1.807, 2.05) is 30.3 Å². The number of amides is 1. The van der Waals surface area contributed by atoms with Crippen molar-refractivity contribution in [2.45, 2.75) is 39.4 Å². The predicted molar refractivity (Wildman–Crippen MR) is 89.8 cm³/mol. The number of benzene rings is 1. The van der Waals surface area contributed by atoms with Gasteiger partial charge in [0.1, 0.15) is 18.8 Å². The first-order chi connectivity index (χ1) is 11.6. The fourth-order valence-corrected chi connectivity index (χ4v) is 1.43. The Bertz CT molecular complexity index is 538. The number of rotatable bonds is 6. The predicted octanol–water partition coefficient (Wildman–Crippen LogP) is 1.71. The molecule has 25 heavy (non-hydrogen) atoms. The van der Waals surface area contributed by atoms with E-state index in [-0.39, 0.29) is 25.5 Å². The van der Waals surface area contributed by atoms with Crippen LogP contribution in [-0.4, -0.2) is 47.0 Å². The van der Waals surface area contributed by atoms with E-state index in [1.165, 1.54) is 0 Å². The van der Waals surface area contributed by atoms with E-state index in [4.69, 9.17) is 24.5 Å². The first-order valence-electron chi connectivity index (χ1n) is 7.63. The fourth-order valence-electron chi connectivity index (χ4n) is 1.43. The minimum absolute atomic E-state index is 0.123. The summed E-state index contributed by atoms with van der Waals surface area (Å²) in [5, 5.41) is 17.5. The molecule has 140 valence electrons. The van der Waals surface area contributed by atoms with E-state index in [2.05, 4.69) is 5.32 Å². The number of aliphatic hydroxyl groups excluding tert-OH is 1. The van der Waals surface area contributed by atoms with Gasteiger partial charge in [-0.1, -0.05) is 30.3 Å². The molecule has 1 amide bonds. The van der Waals surface area contributed by atoms with E-state index in [0.29, 0.717) is 0 Å². The van der Waals surface area contributed by atoms with Crippen LogP contribution in [0.5, 0.6) is 0 Å². The molecule has 1 aromatic rings. The van der Waals surface area contributed by atoms with Crippen LogP contribution in [0.1, 0.15) is 32.8 Å². The normalized spacial score (nSPS) is 10.1. The number of aliphatic carboxylic acids is 1. The van der Waals surface area contributed by atoms with Crippen molar-refractivity contribution in [3.63, 3.8) is 0 Å². The Morgan fingerprint density at radius 2 is 1.68 bits per heavy atom. The molecule has 0 atom stereocenters. The van der Waals surface area contributed by atoms with E-state index in [0.717, 1.165) is 5.56 Å². The maximum Gasteiger partial charge on any atom is 0.407 e. The van der Waals surface area contributed by atoms with Gasteiger partial charge in [-0.05, 0) is 26.3 Å². The summed E-state index contributed by atoms with van der Waals surface area (Å²) in [6.07, 6.45) is -0.421. The van der Waals surface area contributed by atoms with Gasteiger partial charge in [0.2, 0.25) is 0 Å². The van der Waals surface area contributed by atoms with Crippen LogP contribution in [0.25, 0.3) is 0 Å². The van der Waals surface area contributed by atoms with Crippen molar-refractivity contribution in [3.8, 4) is 0 Å². The molecule has 0 saturated heterocycles. The maximum absolute atomic E-state index is 11.4. The molecule has 1 aromatic carbocycles. The number of carbonyl (C=O) groups is 3. The smallest absolute Gasteiger partial charge is 0.407 e. The third-order valence-corrected chi connectivity index (χ3v) is 2.37. The number of carbonyl (C=O) groups excluding carboxylic acids is 2. The molecule has 0 aromatic heterocycles. The second-order valence-electron chi connectivity index (χ2n) is 5.88. The number of carboxylic acids is 1. The summed E-state index contributed by atoms with van der Waals surface area (Å²) in [6.45, 7) is 5.02. The molecule has 0 aliphatic heterocycles. The van der Waals surface area contributed by atoms with Crippen LogP contribution in [0.3, 0.4) is 0 Å². The van der Waals surface area contributed by atoms with Crippen LogP contribution >= 0.6 is 0 Å². The van der Waals surface area contributed by atoms with Gasteiger partial charge in [-0.2, -0.15) is 0 Å². The highest BCUT2D eigenvalue weighted by Crippen LogP contribution is 2.07. The van der Waals surface area contributed by atoms with Crippen LogP contribution in [0.4, 0.5) is 4.79 Å². The van der Waals surface area contributed by atoms with Gasteiger partial charge in [0.15, 0.2) is 0 Å². The lowest BCUT2D eigenvalue weighted by molar-refractivity contribution is -0.154. The average molecular weight is 355 g/mol. The van der Waals surface area contributed by atoms with Crippen LogP contribution in [0.15, 0.2) is 30.3 Å². The number of hydrogen-bond donors (Lipinski definition) is 3. The number of nitrogens with one attached hydrogen (secondary N) is 1. The van der Waals surface area contributed by atoms with Crippen molar-refractivity contribution in [1.82, 2.24) is 5.32 Å². The third kappa shape index (κ3) is 14.7. The molecular formula is C17H25NO7. The Balaban J connectivity index is 0.00000101. The minimum atomic E-state index is -1.19. The zero-order chi connectivity index (χ0) is 19.3. The summed E-state index contributed by atoms with van der Waals surface area (Å²) in [4.78, 5) is 31.9. The molecule has 0 spiro atoms. The Hall–Kier alpha value is -2.61. The Labute approximate surface area is 146 Å². The molecule has 1 rings (SSSR count). The lowest BCUT2D eigenvalue weighted by Gasteiger charge is -2.19. The topological polar surface area (TPSA) is 122 Å². The van der Waals surface area contributed by atoms with Crippen molar-refractivity contribution >= 4 is 18.0 Å². The lowest BCUT2D eigenvalue weighted by atomic mass is 10.2. The Kier molecular flexibility index (Phi) is 10.6. The van der Waals surface area contributed by atoms with Gasteiger partial charge < -0.3 is 25.0 Å². The number of carboxylic acid groups (broad SMARTS) is 1. The van der Waals surface area contributed by atoms with Crippen molar-refractivity contribution in [3.05, 3.63) is 35.9 Å². The molecule has 0 unspecified atom stereocenters. The van der Waals surface area contributed by atoms with E-state index < -0.39 is 24.3 Å². The summed E-state index contributed by atoms with van der Waals surface area (Å²) in [5.41, 5.74) is 0.403. The SMILES string of the molecule is CC(C)(C)OC(=O)CCNC(=O)OCc1ccccc1.O=C(O)CO. The number of hydrogen-bond acceptors (Lipinski definition) is 6. The highest BCUT2D eigenvalue weighted by atomic mass is 16.6. The first-order valence-corrected chi connectivity index (χ1v) is 7.63. The third-order valence-electron chi connectivity index (χ3n) is 2.37. The first kappa shape index (κ1) is 22.4. The molecule has 8 heteroatoms. The number of esters is 1. The summed E-state index contributed by atoms with van der Waals surface area (Å²) < 4.78 is 10.1. The van der Waals surface area contributed by atoms with Crippen LogP contribution in [0, 0.1) is 0 Å². The summed E-state index contributed by atoms with van der Waals surface area (Å²) >= 11 is 0. The summed E-state index contributed by atoms with van der Waals surface area (Å²) in [6, 6.07) is 9.38. The molecule has 3 N–H and O–H groups in total. The molecular weight excluding hydrogens is 330 g/mol. The van der Waals surface area contributed by atoms with Crippen LogP contribution in [0.2, 0.25) is 0 Å². The molecule has 0 saturated carbocycles. The van der Waals surface area contributed by atoms with Gasteiger partial charge in [-0.15, -0.1) is 0 Å². The fraction of sp³-hybridized carbons (Fsp3) is 0.471. The molecule has 8 nitrogen and oxygen atoms in total. The van der Waals surface area contributed by atoms with Gasteiger partial charge in [0.05, 0.1) is 6.42 Å². The van der Waals surface area contributed by atoms with E-state index >= 15 is 0 Å². The van der Waals surface area contributed by atoms with Crippen LogP contribution in [-0.2, 0) is 25.7 Å². The molecule has 0 fully saturated rings. The second-order valence-corrected chi connectivity index (χ2v) is 5.88. The quantitative estimate of drug-likeness (QED) is 0.664. The van der Waals surface area contributed by atoms with E-state index in [1.54, 1.807) is 20.8 Å². The largest absolute Gasteiger partial charge is 0.480 e. The molecule has 0 aliphatic rings. The average Bonchev–Trinajstić information content (AvgIpc) is 2.52. The van der Waals surface area contributed by atoms with Gasteiger partial charge in [0, 0.05) is 6.54 Å². The number of ether oxygens (including phenoxy) is 2. The van der Waals surface area contributed by atoms with Gasteiger partial charge >= 0.3 is 18.0 Å². The van der Waals surface area contributed by atoms with Crippen molar-refractivity contribution in [2.24, 2.45) is 0 Å². The van der Waals surface area contributed by atoms with Gasteiger partial charge in [-0.3, -0.25) is 4.79 Å². The number of aliphatic hydroxyl groups is 1.